The van der Waals surface area contributed by atoms with Gasteiger partial charge in [-0.25, -0.2) is 0 Å². The van der Waals surface area contributed by atoms with Gasteiger partial charge >= 0.3 is 0 Å². The van der Waals surface area contributed by atoms with Gasteiger partial charge in [-0.3, -0.25) is 9.36 Å². The number of methoxy groups -OCH3 is 2. The summed E-state index contributed by atoms with van der Waals surface area (Å²) < 4.78 is 24.3. The molecule has 2 aromatic carbocycles. The third kappa shape index (κ3) is 5.06. The molecule has 0 saturated carbocycles. The molecule has 0 saturated heterocycles. The summed E-state index contributed by atoms with van der Waals surface area (Å²) in [5, 5.41) is 12.0. The van der Waals surface area contributed by atoms with E-state index in [0.717, 1.165) is 0 Å². The van der Waals surface area contributed by atoms with Crippen LogP contribution in [-0.4, -0.2) is 47.3 Å². The first-order valence-electron chi connectivity index (χ1n) is 10.2. The van der Waals surface area contributed by atoms with E-state index in [9.17, 15) is 4.79 Å². The maximum atomic E-state index is 12.6. The van der Waals surface area contributed by atoms with E-state index >= 15 is 0 Å². The third-order valence-corrected chi connectivity index (χ3v) is 5.84. The molecule has 1 unspecified atom stereocenters. The number of para-hydroxylation sites is 2. The Kier molecular flexibility index (Phi) is 7.04. The third-order valence-electron chi connectivity index (χ3n) is 4.87. The highest BCUT2D eigenvalue weighted by molar-refractivity contribution is 7.99. The Bertz CT molecular complexity index is 1150. The summed E-state index contributed by atoms with van der Waals surface area (Å²) in [7, 11) is 3.11. The number of allylic oxidation sites excluding steroid dienone is 1. The summed E-state index contributed by atoms with van der Waals surface area (Å²) in [4.78, 5) is 12.6. The molecule has 1 atom stereocenters. The largest absolute Gasteiger partial charge is 0.497 e. The second kappa shape index (κ2) is 10.3. The number of amides is 1. The smallest absolute Gasteiger partial charge is 0.234 e. The minimum Gasteiger partial charge on any atom is -0.497 e. The molecule has 1 aliphatic rings. The molecular weight excluding hydrogens is 444 g/mol. The minimum atomic E-state index is -0.418. The lowest BCUT2D eigenvalue weighted by atomic mass is 10.2. The Balaban J connectivity index is 1.44. The molecular formula is C23H24N4O5S. The van der Waals surface area contributed by atoms with Gasteiger partial charge < -0.3 is 24.3 Å². The molecule has 9 nitrogen and oxygen atoms in total. The van der Waals surface area contributed by atoms with E-state index in [4.69, 9.17) is 18.9 Å². The number of benzene rings is 2. The van der Waals surface area contributed by atoms with E-state index in [0.29, 0.717) is 52.8 Å². The summed E-state index contributed by atoms with van der Waals surface area (Å²) >= 11 is 1.27. The number of fused-ring (bicyclic) bond motifs is 1. The fraction of sp³-hybridized carbons (Fsp3) is 0.261. The van der Waals surface area contributed by atoms with E-state index < -0.39 is 6.10 Å². The molecule has 0 radical (unpaired) electrons. The highest BCUT2D eigenvalue weighted by Crippen LogP contribution is 2.36. The van der Waals surface area contributed by atoms with Crippen LogP contribution in [0.4, 0.5) is 5.69 Å². The number of hydrogen-bond acceptors (Lipinski definition) is 8. The molecule has 0 spiro atoms. The lowest BCUT2D eigenvalue weighted by Gasteiger charge is -2.26. The highest BCUT2D eigenvalue weighted by Gasteiger charge is 2.28. The first-order valence-corrected chi connectivity index (χ1v) is 11.2. The first-order chi connectivity index (χ1) is 16.1. The van der Waals surface area contributed by atoms with Gasteiger partial charge in [-0.05, 0) is 24.3 Å². The minimum absolute atomic E-state index is 0.134. The Morgan fingerprint density at radius 2 is 2.06 bits per heavy atom. The Morgan fingerprint density at radius 3 is 2.82 bits per heavy atom. The highest BCUT2D eigenvalue weighted by atomic mass is 32.2. The van der Waals surface area contributed by atoms with E-state index in [1.54, 1.807) is 31.4 Å². The van der Waals surface area contributed by atoms with Crippen LogP contribution in [0.25, 0.3) is 0 Å². The quantitative estimate of drug-likeness (QED) is 0.375. The Hall–Kier alpha value is -3.66. The molecule has 10 heteroatoms. The van der Waals surface area contributed by atoms with Crippen molar-refractivity contribution < 1.29 is 23.7 Å². The summed E-state index contributed by atoms with van der Waals surface area (Å²) in [6.07, 6.45) is 1.33. The van der Waals surface area contributed by atoms with Gasteiger partial charge in [0.2, 0.25) is 5.91 Å². The van der Waals surface area contributed by atoms with Crippen molar-refractivity contribution in [1.82, 2.24) is 14.8 Å². The van der Waals surface area contributed by atoms with Crippen LogP contribution in [-0.2, 0) is 11.3 Å². The molecule has 1 N–H and O–H groups in total. The number of carbonyl (C=O) groups is 1. The van der Waals surface area contributed by atoms with Crippen molar-refractivity contribution >= 4 is 23.4 Å². The lowest BCUT2D eigenvalue weighted by molar-refractivity contribution is -0.113. The van der Waals surface area contributed by atoms with Crippen LogP contribution >= 0.6 is 11.8 Å². The zero-order valence-corrected chi connectivity index (χ0v) is 19.1. The predicted octanol–water partition coefficient (Wildman–Crippen LogP) is 3.72. The molecule has 2 heterocycles. The van der Waals surface area contributed by atoms with E-state index in [1.807, 2.05) is 28.8 Å². The number of anilines is 1. The molecule has 1 aliphatic heterocycles. The van der Waals surface area contributed by atoms with Crippen molar-refractivity contribution in [2.45, 2.75) is 17.8 Å². The monoisotopic (exact) mass is 468 g/mol. The lowest BCUT2D eigenvalue weighted by Crippen LogP contribution is -2.25. The number of carbonyl (C=O) groups excluding carboxylic acids is 1. The number of rotatable bonds is 9. The fourth-order valence-corrected chi connectivity index (χ4v) is 4.07. The van der Waals surface area contributed by atoms with Gasteiger partial charge in [0, 0.05) is 12.6 Å². The van der Waals surface area contributed by atoms with Gasteiger partial charge in [0.15, 0.2) is 28.6 Å². The Labute approximate surface area is 195 Å². The maximum absolute atomic E-state index is 12.6. The summed E-state index contributed by atoms with van der Waals surface area (Å²) in [6.45, 7) is 4.61. The number of aromatic nitrogens is 3. The van der Waals surface area contributed by atoms with Crippen molar-refractivity contribution in [3.63, 3.8) is 0 Å². The van der Waals surface area contributed by atoms with Gasteiger partial charge in [-0.2, -0.15) is 0 Å². The van der Waals surface area contributed by atoms with Crippen molar-refractivity contribution in [3.05, 3.63) is 60.9 Å². The average Bonchev–Trinajstić information content (AvgIpc) is 3.25. The van der Waals surface area contributed by atoms with Crippen LogP contribution in [0.5, 0.6) is 23.0 Å². The van der Waals surface area contributed by atoms with Crippen molar-refractivity contribution in [3.8, 4) is 23.0 Å². The summed E-state index contributed by atoms with van der Waals surface area (Å²) in [6, 6.07) is 12.7. The SMILES string of the molecule is C=CCn1c(SCC(=O)Nc2ccc(OC)cc2OC)nnc1C1COc2ccccc2O1. The summed E-state index contributed by atoms with van der Waals surface area (Å²) in [5.74, 6) is 3.05. The molecule has 1 amide bonds. The number of nitrogens with zero attached hydrogens (tertiary/aromatic N) is 3. The van der Waals surface area contributed by atoms with Crippen LogP contribution in [0.2, 0.25) is 0 Å². The normalized spacial score (nSPS) is 14.4. The fourth-order valence-electron chi connectivity index (χ4n) is 3.31. The van der Waals surface area contributed by atoms with Crippen molar-refractivity contribution in [2.75, 3.05) is 31.9 Å². The molecule has 4 rings (SSSR count). The number of hydrogen-bond donors (Lipinski definition) is 1. The second-order valence-electron chi connectivity index (χ2n) is 7.01. The van der Waals surface area contributed by atoms with Gasteiger partial charge in [0.25, 0.3) is 0 Å². The van der Waals surface area contributed by atoms with Crippen molar-refractivity contribution in [2.24, 2.45) is 0 Å². The van der Waals surface area contributed by atoms with Gasteiger partial charge in [-0.1, -0.05) is 30.0 Å². The molecule has 33 heavy (non-hydrogen) atoms. The zero-order chi connectivity index (χ0) is 23.2. The second-order valence-corrected chi connectivity index (χ2v) is 7.95. The van der Waals surface area contributed by atoms with Gasteiger partial charge in [-0.15, -0.1) is 16.8 Å². The topological polar surface area (TPSA) is 96.7 Å². The summed E-state index contributed by atoms with van der Waals surface area (Å²) in [5.41, 5.74) is 0.559. The molecule has 172 valence electrons. The van der Waals surface area contributed by atoms with Crippen LogP contribution < -0.4 is 24.3 Å². The van der Waals surface area contributed by atoms with Gasteiger partial charge in [0.05, 0.1) is 25.7 Å². The molecule has 3 aromatic rings. The standard InChI is InChI=1S/C23H24N4O5S/c1-4-11-27-22(20-13-31-17-7-5-6-8-18(17)32-20)25-26-23(27)33-14-21(28)24-16-10-9-15(29-2)12-19(16)30-3/h4-10,12,20H,1,11,13-14H2,2-3H3,(H,24,28). The van der Waals surface area contributed by atoms with Crippen molar-refractivity contribution in [1.29, 1.82) is 0 Å². The molecule has 1 aromatic heterocycles. The number of ether oxygens (including phenoxy) is 4. The Morgan fingerprint density at radius 1 is 1.24 bits per heavy atom. The predicted molar refractivity (Wildman–Crippen MR) is 124 cm³/mol. The van der Waals surface area contributed by atoms with Crippen LogP contribution in [0.1, 0.15) is 11.9 Å². The maximum Gasteiger partial charge on any atom is 0.234 e. The first kappa shape index (κ1) is 22.5. The van der Waals surface area contributed by atoms with Gasteiger partial charge in [0.1, 0.15) is 18.1 Å². The van der Waals surface area contributed by atoms with Crippen LogP contribution in [0, 0.1) is 0 Å². The zero-order valence-electron chi connectivity index (χ0n) is 18.3. The number of nitrogens with one attached hydrogen (secondary N) is 1. The van der Waals surface area contributed by atoms with Crippen LogP contribution in [0.3, 0.4) is 0 Å². The molecule has 0 aliphatic carbocycles. The van der Waals surface area contributed by atoms with E-state index in [2.05, 4.69) is 22.1 Å². The van der Waals surface area contributed by atoms with Crippen LogP contribution in [0.15, 0.2) is 60.3 Å². The number of thioether (sulfide) groups is 1. The molecule has 0 fully saturated rings. The van der Waals surface area contributed by atoms with E-state index in [1.165, 1.54) is 18.9 Å². The average molecular weight is 469 g/mol. The van der Waals surface area contributed by atoms with E-state index in [-0.39, 0.29) is 11.7 Å². The molecule has 0 bridgehead atoms.